The van der Waals surface area contributed by atoms with E-state index >= 15 is 0 Å². The molecule has 2 aliphatic rings. The number of nitrogens with zero attached hydrogens (tertiary/aromatic N) is 1. The molecule has 1 saturated heterocycles. The second-order valence-electron chi connectivity index (χ2n) is 10.4. The first-order chi connectivity index (χ1) is 15.4. The van der Waals surface area contributed by atoms with Crippen LogP contribution in [-0.4, -0.2) is 27.8 Å². The van der Waals surface area contributed by atoms with Crippen LogP contribution in [0.3, 0.4) is 0 Å². The predicted octanol–water partition coefficient (Wildman–Crippen LogP) is 6.13. The van der Waals surface area contributed by atoms with Crippen molar-refractivity contribution in [2.45, 2.75) is 71.8 Å². The van der Waals surface area contributed by atoms with Crippen LogP contribution in [0.1, 0.15) is 69.7 Å². The van der Waals surface area contributed by atoms with Gasteiger partial charge in [0.05, 0.1) is 12.3 Å². The van der Waals surface area contributed by atoms with Gasteiger partial charge in [0.15, 0.2) is 0 Å². The van der Waals surface area contributed by atoms with E-state index in [-0.39, 0.29) is 34.3 Å². The van der Waals surface area contributed by atoms with Gasteiger partial charge < -0.3 is 4.74 Å². The van der Waals surface area contributed by atoms with E-state index in [9.17, 15) is 14.4 Å². The molecule has 0 aromatic heterocycles. The number of carbonyl (C=O) groups is 3. The summed E-state index contributed by atoms with van der Waals surface area (Å²) in [4.78, 5) is 37.8. The predicted molar refractivity (Wildman–Crippen MR) is 132 cm³/mol. The van der Waals surface area contributed by atoms with Crippen LogP contribution in [0, 0.1) is 6.92 Å². The number of hydrogen-bond acceptors (Lipinski definition) is 5. The molecule has 2 amide bonds. The molecule has 1 aliphatic carbocycles. The number of amides is 2. The number of carbonyl (C=O) groups excluding carboxylic acids is 3. The van der Waals surface area contributed by atoms with Gasteiger partial charge >= 0.3 is 5.97 Å². The molecule has 0 radical (unpaired) electrons. The van der Waals surface area contributed by atoms with Crippen molar-refractivity contribution in [3.05, 3.63) is 52.6 Å². The van der Waals surface area contributed by atoms with Gasteiger partial charge in [0.25, 0.3) is 5.24 Å². The van der Waals surface area contributed by atoms with Crippen LogP contribution < -0.4 is 4.74 Å². The molecule has 0 N–H and O–H groups in total. The number of aryl methyl sites for hydroxylation is 1. The molecule has 174 valence electrons. The third kappa shape index (κ3) is 4.33. The summed E-state index contributed by atoms with van der Waals surface area (Å²) < 4.78 is 5.62. The minimum absolute atomic E-state index is 0.0152. The van der Waals surface area contributed by atoms with Gasteiger partial charge in [0.1, 0.15) is 5.75 Å². The molecule has 0 saturated carbocycles. The fourth-order valence-corrected chi connectivity index (χ4v) is 5.67. The molecule has 2 aromatic carbocycles. The second-order valence-corrected chi connectivity index (χ2v) is 11.3. The monoisotopic (exact) mass is 465 g/mol. The summed E-state index contributed by atoms with van der Waals surface area (Å²) in [5, 5.41) is -0.242. The first kappa shape index (κ1) is 23.6. The number of benzene rings is 2. The molecular formula is C27H31NO4S. The van der Waals surface area contributed by atoms with Crippen LogP contribution >= 0.6 is 11.8 Å². The maximum Gasteiger partial charge on any atom is 0.308 e. The smallest absolute Gasteiger partial charge is 0.308 e. The Hall–Kier alpha value is -2.60. The van der Waals surface area contributed by atoms with E-state index in [1.807, 2.05) is 6.07 Å². The summed E-state index contributed by atoms with van der Waals surface area (Å²) in [6, 6.07) is 9.98. The van der Waals surface area contributed by atoms with E-state index in [4.69, 9.17) is 4.74 Å². The van der Waals surface area contributed by atoms with E-state index in [1.54, 1.807) is 12.1 Å². The van der Waals surface area contributed by atoms with Crippen LogP contribution in [0.5, 0.6) is 5.75 Å². The number of fused-ring (bicyclic) bond motifs is 1. The quantitative estimate of drug-likeness (QED) is 0.401. The Balaban J connectivity index is 1.93. The zero-order valence-electron chi connectivity index (χ0n) is 20.2. The average Bonchev–Trinajstić information content (AvgIpc) is 3.03. The van der Waals surface area contributed by atoms with Gasteiger partial charge in [-0.3, -0.25) is 19.3 Å². The zero-order chi connectivity index (χ0) is 24.1. The highest BCUT2D eigenvalue weighted by atomic mass is 32.2. The fraction of sp³-hybridized carbons (Fsp3) is 0.444. The fourth-order valence-electron chi connectivity index (χ4n) is 4.95. The van der Waals surface area contributed by atoms with E-state index < -0.39 is 5.97 Å². The van der Waals surface area contributed by atoms with E-state index in [0.29, 0.717) is 5.75 Å². The Morgan fingerprint density at radius 3 is 2.27 bits per heavy atom. The minimum Gasteiger partial charge on any atom is -0.426 e. The summed E-state index contributed by atoms with van der Waals surface area (Å²) in [6.07, 6.45) is 2.21. The van der Waals surface area contributed by atoms with Gasteiger partial charge in [-0.15, -0.1) is 0 Å². The number of rotatable bonds is 4. The molecule has 0 bridgehead atoms. The molecule has 33 heavy (non-hydrogen) atoms. The number of ether oxygens (including phenoxy) is 1. The van der Waals surface area contributed by atoms with Crippen LogP contribution in [0.2, 0.25) is 0 Å². The highest BCUT2D eigenvalue weighted by molar-refractivity contribution is 8.14. The lowest BCUT2D eigenvalue weighted by atomic mass is 9.62. The van der Waals surface area contributed by atoms with Crippen molar-refractivity contribution in [1.29, 1.82) is 0 Å². The van der Waals surface area contributed by atoms with Crippen molar-refractivity contribution < 1.29 is 19.1 Å². The Bertz CT molecular complexity index is 1150. The lowest BCUT2D eigenvalue weighted by Crippen LogP contribution is -2.34. The molecule has 2 aromatic rings. The van der Waals surface area contributed by atoms with Crippen molar-refractivity contribution in [2.24, 2.45) is 0 Å². The van der Waals surface area contributed by atoms with Gasteiger partial charge in [-0.1, -0.05) is 57.7 Å². The standard InChI is InChI=1S/C27H31NO4S/c1-16-12-20-21(27(5,6)11-10-26(20,3)4)13-19(16)24-18(8-7-9-22(24)32-17(2)29)14-28-23(30)15-33-25(28)31/h7-9,12-13H,10-11,14-15H2,1-6H3. The Morgan fingerprint density at radius 2 is 1.70 bits per heavy atom. The maximum absolute atomic E-state index is 12.3. The maximum atomic E-state index is 12.3. The van der Waals surface area contributed by atoms with Gasteiger partial charge in [-0.05, 0) is 70.5 Å². The van der Waals surface area contributed by atoms with Crippen molar-refractivity contribution in [3.63, 3.8) is 0 Å². The summed E-state index contributed by atoms with van der Waals surface area (Å²) in [7, 11) is 0. The van der Waals surface area contributed by atoms with Crippen LogP contribution in [0.25, 0.3) is 11.1 Å². The molecule has 4 rings (SSSR count). The molecule has 6 heteroatoms. The Labute approximate surface area is 199 Å². The van der Waals surface area contributed by atoms with Crippen LogP contribution in [-0.2, 0) is 27.0 Å². The third-order valence-electron chi connectivity index (χ3n) is 7.00. The highest BCUT2D eigenvalue weighted by Crippen LogP contribution is 2.49. The largest absolute Gasteiger partial charge is 0.426 e. The number of hydrogen-bond donors (Lipinski definition) is 0. The average molecular weight is 466 g/mol. The van der Waals surface area contributed by atoms with Gasteiger partial charge in [0.2, 0.25) is 5.91 Å². The third-order valence-corrected chi connectivity index (χ3v) is 7.86. The van der Waals surface area contributed by atoms with Crippen LogP contribution in [0.15, 0.2) is 30.3 Å². The normalized spacial score (nSPS) is 18.9. The van der Waals surface area contributed by atoms with E-state index in [2.05, 4.69) is 46.8 Å². The van der Waals surface area contributed by atoms with Crippen molar-refractivity contribution >= 4 is 28.9 Å². The van der Waals surface area contributed by atoms with Crippen LogP contribution in [0.4, 0.5) is 4.79 Å². The van der Waals surface area contributed by atoms with Crippen molar-refractivity contribution in [2.75, 3.05) is 5.75 Å². The molecule has 1 fully saturated rings. The Kier molecular flexibility index (Phi) is 5.94. The number of thioether (sulfide) groups is 1. The molecular weight excluding hydrogens is 434 g/mol. The molecule has 1 aliphatic heterocycles. The van der Waals surface area contributed by atoms with Gasteiger partial charge in [-0.2, -0.15) is 0 Å². The summed E-state index contributed by atoms with van der Waals surface area (Å²) in [6.45, 7) is 12.7. The van der Waals surface area contributed by atoms with Gasteiger partial charge in [0, 0.05) is 12.5 Å². The second kappa shape index (κ2) is 8.32. The molecule has 0 atom stereocenters. The topological polar surface area (TPSA) is 63.7 Å². The van der Waals surface area contributed by atoms with Crippen molar-refractivity contribution in [3.8, 4) is 16.9 Å². The lowest BCUT2D eigenvalue weighted by molar-refractivity contribution is -0.132. The first-order valence-electron chi connectivity index (χ1n) is 11.3. The Morgan fingerprint density at radius 1 is 1.06 bits per heavy atom. The van der Waals surface area contributed by atoms with Gasteiger partial charge in [-0.25, -0.2) is 0 Å². The molecule has 0 spiro atoms. The number of esters is 1. The first-order valence-corrected chi connectivity index (χ1v) is 12.3. The zero-order valence-corrected chi connectivity index (χ0v) is 21.0. The number of imide groups is 1. The summed E-state index contributed by atoms with van der Waals surface area (Å²) >= 11 is 1.02. The minimum atomic E-state index is -0.408. The van der Waals surface area contributed by atoms with Crippen molar-refractivity contribution in [1.82, 2.24) is 4.90 Å². The highest BCUT2D eigenvalue weighted by Gasteiger charge is 2.38. The molecule has 5 nitrogen and oxygen atoms in total. The lowest BCUT2D eigenvalue weighted by Gasteiger charge is -2.42. The van der Waals surface area contributed by atoms with E-state index in [0.717, 1.165) is 46.9 Å². The summed E-state index contributed by atoms with van der Waals surface area (Å²) in [5.41, 5.74) is 6.35. The van der Waals surface area contributed by atoms with E-state index in [1.165, 1.54) is 23.0 Å². The molecule has 0 unspecified atom stereocenters. The SMILES string of the molecule is CC(=O)Oc1cccc(CN2C(=O)CSC2=O)c1-c1cc2c(cc1C)C(C)(C)CCC2(C)C. The summed E-state index contributed by atoms with van der Waals surface area (Å²) in [5.74, 6) is 0.00906. The molecule has 1 heterocycles.